The first-order valence-corrected chi connectivity index (χ1v) is 9.19. The van der Waals surface area contributed by atoms with Crippen molar-refractivity contribution in [3.8, 4) is 5.75 Å². The molecule has 2 N–H and O–H groups in total. The van der Waals surface area contributed by atoms with Crippen LogP contribution in [0.2, 0.25) is 0 Å². The van der Waals surface area contributed by atoms with Crippen LogP contribution in [0.25, 0.3) is 0 Å². The number of methoxy groups -OCH3 is 1. The molecule has 0 aliphatic carbocycles. The van der Waals surface area contributed by atoms with Gasteiger partial charge in [0.2, 0.25) is 0 Å². The number of guanidine groups is 1. The van der Waals surface area contributed by atoms with E-state index in [2.05, 4.69) is 38.5 Å². The minimum atomic E-state index is 0.731. The number of hydrogen-bond donors (Lipinski definition) is 2. The summed E-state index contributed by atoms with van der Waals surface area (Å²) in [6.45, 7) is 7.60. The Kier molecular flexibility index (Phi) is 8.55. The van der Waals surface area contributed by atoms with Crippen LogP contribution in [-0.2, 0) is 6.54 Å². The van der Waals surface area contributed by atoms with E-state index >= 15 is 0 Å². The highest BCUT2D eigenvalue weighted by Crippen LogP contribution is 2.12. The van der Waals surface area contributed by atoms with Crippen LogP contribution >= 0.6 is 0 Å². The lowest BCUT2D eigenvalue weighted by Crippen LogP contribution is -2.38. The zero-order chi connectivity index (χ0) is 17.9. The lowest BCUT2D eigenvalue weighted by atomic mass is 10.2. The minimum Gasteiger partial charge on any atom is -0.497 e. The Hall–Kier alpha value is -1.79. The maximum atomic E-state index is 5.26. The molecule has 1 aromatic rings. The predicted octanol–water partition coefficient (Wildman–Crippen LogP) is 1.39. The van der Waals surface area contributed by atoms with Gasteiger partial charge in [-0.25, -0.2) is 0 Å². The number of rotatable bonds is 7. The maximum Gasteiger partial charge on any atom is 0.191 e. The van der Waals surface area contributed by atoms with E-state index in [1.165, 1.54) is 38.2 Å². The topological polar surface area (TPSA) is 52.1 Å². The zero-order valence-electron chi connectivity index (χ0n) is 15.9. The standard InChI is InChI=1S/C19H33N5O/c1-20-19(22-16-17-7-4-8-18(15-17)25-3)21-9-5-11-24-12-6-10-23(2)13-14-24/h4,7-8,15H,5-6,9-14,16H2,1-3H3,(H2,20,21,22). The molecule has 1 fully saturated rings. The van der Waals surface area contributed by atoms with Gasteiger partial charge in [-0.1, -0.05) is 12.1 Å². The molecule has 1 aliphatic heterocycles. The molecule has 1 aliphatic rings. The Balaban J connectivity index is 1.64. The number of hydrogen-bond acceptors (Lipinski definition) is 4. The van der Waals surface area contributed by atoms with Crippen molar-refractivity contribution in [3.05, 3.63) is 29.8 Å². The van der Waals surface area contributed by atoms with Gasteiger partial charge in [0.05, 0.1) is 7.11 Å². The first-order valence-electron chi connectivity index (χ1n) is 9.19. The third kappa shape index (κ3) is 7.32. The summed E-state index contributed by atoms with van der Waals surface area (Å²) in [5.41, 5.74) is 1.18. The number of nitrogens with zero attached hydrogens (tertiary/aromatic N) is 3. The van der Waals surface area contributed by atoms with Crippen molar-refractivity contribution in [1.82, 2.24) is 20.4 Å². The molecule has 140 valence electrons. The zero-order valence-corrected chi connectivity index (χ0v) is 15.9. The molecule has 1 heterocycles. The number of nitrogens with one attached hydrogen (secondary N) is 2. The molecule has 0 unspecified atom stereocenters. The molecule has 6 heteroatoms. The van der Waals surface area contributed by atoms with Crippen molar-refractivity contribution in [2.45, 2.75) is 19.4 Å². The Morgan fingerprint density at radius 2 is 2.08 bits per heavy atom. The van der Waals surface area contributed by atoms with Gasteiger partial charge in [0.1, 0.15) is 5.75 Å². The second-order valence-corrected chi connectivity index (χ2v) is 6.56. The van der Waals surface area contributed by atoms with Gasteiger partial charge >= 0.3 is 0 Å². The van der Waals surface area contributed by atoms with Gasteiger partial charge in [0, 0.05) is 33.2 Å². The molecule has 2 rings (SSSR count). The van der Waals surface area contributed by atoms with Crippen LogP contribution < -0.4 is 15.4 Å². The van der Waals surface area contributed by atoms with Gasteiger partial charge in [0.15, 0.2) is 5.96 Å². The maximum absolute atomic E-state index is 5.26. The quantitative estimate of drug-likeness (QED) is 0.443. The Bertz CT molecular complexity index is 534. The molecule has 6 nitrogen and oxygen atoms in total. The second kappa shape index (κ2) is 10.9. The molecular formula is C19H33N5O. The van der Waals surface area contributed by atoms with E-state index < -0.39 is 0 Å². The lowest BCUT2D eigenvalue weighted by Gasteiger charge is -2.20. The molecule has 1 saturated heterocycles. The number of aliphatic imine (C=N–C) groups is 1. The third-order valence-electron chi connectivity index (χ3n) is 4.57. The van der Waals surface area contributed by atoms with Crippen LogP contribution in [0.1, 0.15) is 18.4 Å². The summed E-state index contributed by atoms with van der Waals surface area (Å²) in [5.74, 6) is 1.73. The van der Waals surface area contributed by atoms with Crippen LogP contribution in [-0.4, -0.2) is 76.2 Å². The minimum absolute atomic E-state index is 0.731. The van der Waals surface area contributed by atoms with Crippen molar-refractivity contribution in [2.24, 2.45) is 4.99 Å². The molecule has 0 atom stereocenters. The fraction of sp³-hybridized carbons (Fsp3) is 0.632. The van der Waals surface area contributed by atoms with E-state index in [4.69, 9.17) is 4.74 Å². The molecule has 0 radical (unpaired) electrons. The second-order valence-electron chi connectivity index (χ2n) is 6.56. The van der Waals surface area contributed by atoms with Crippen molar-refractivity contribution >= 4 is 5.96 Å². The van der Waals surface area contributed by atoms with Gasteiger partial charge in [-0.2, -0.15) is 0 Å². The average Bonchev–Trinajstić information content (AvgIpc) is 2.85. The summed E-state index contributed by atoms with van der Waals surface area (Å²) in [7, 11) is 5.71. The van der Waals surface area contributed by atoms with Crippen LogP contribution in [0.5, 0.6) is 5.75 Å². The molecule has 0 bridgehead atoms. The first kappa shape index (κ1) is 19.5. The highest BCUT2D eigenvalue weighted by Gasteiger charge is 2.11. The fourth-order valence-corrected chi connectivity index (χ4v) is 3.02. The smallest absolute Gasteiger partial charge is 0.191 e. The van der Waals surface area contributed by atoms with Crippen LogP contribution in [0.15, 0.2) is 29.3 Å². The van der Waals surface area contributed by atoms with Crippen LogP contribution in [0, 0.1) is 0 Å². The van der Waals surface area contributed by atoms with Gasteiger partial charge in [-0.05, 0) is 57.2 Å². The van der Waals surface area contributed by atoms with E-state index in [1.807, 2.05) is 25.2 Å². The highest BCUT2D eigenvalue weighted by atomic mass is 16.5. The summed E-state index contributed by atoms with van der Waals surface area (Å²) in [6, 6.07) is 8.08. The SMILES string of the molecule is CN=C(NCCCN1CCCN(C)CC1)NCc1cccc(OC)c1. The van der Waals surface area contributed by atoms with E-state index in [1.54, 1.807) is 7.11 Å². The summed E-state index contributed by atoms with van der Waals surface area (Å²) in [5, 5.41) is 6.76. The van der Waals surface area contributed by atoms with Gasteiger partial charge in [-0.3, -0.25) is 4.99 Å². The largest absolute Gasteiger partial charge is 0.497 e. The fourth-order valence-electron chi connectivity index (χ4n) is 3.02. The molecular weight excluding hydrogens is 314 g/mol. The van der Waals surface area contributed by atoms with Gasteiger partial charge < -0.3 is 25.2 Å². The summed E-state index contributed by atoms with van der Waals surface area (Å²) >= 11 is 0. The molecule has 25 heavy (non-hydrogen) atoms. The third-order valence-corrected chi connectivity index (χ3v) is 4.57. The number of ether oxygens (including phenoxy) is 1. The molecule has 1 aromatic carbocycles. The predicted molar refractivity (Wildman–Crippen MR) is 104 cm³/mol. The van der Waals surface area contributed by atoms with E-state index in [9.17, 15) is 0 Å². The molecule has 0 spiro atoms. The van der Waals surface area contributed by atoms with E-state index in [0.29, 0.717) is 0 Å². The normalized spacial score (nSPS) is 17.2. The highest BCUT2D eigenvalue weighted by molar-refractivity contribution is 5.79. The summed E-state index contributed by atoms with van der Waals surface area (Å²) in [6.07, 6.45) is 2.40. The lowest BCUT2D eigenvalue weighted by molar-refractivity contribution is 0.274. The average molecular weight is 348 g/mol. The first-order chi connectivity index (χ1) is 12.2. The van der Waals surface area contributed by atoms with Crippen molar-refractivity contribution < 1.29 is 4.74 Å². The van der Waals surface area contributed by atoms with Gasteiger partial charge in [0.25, 0.3) is 0 Å². The van der Waals surface area contributed by atoms with Gasteiger partial charge in [-0.15, -0.1) is 0 Å². The van der Waals surface area contributed by atoms with E-state index in [0.717, 1.165) is 37.8 Å². The van der Waals surface area contributed by atoms with E-state index in [-0.39, 0.29) is 0 Å². The van der Waals surface area contributed by atoms with Crippen LogP contribution in [0.3, 0.4) is 0 Å². The van der Waals surface area contributed by atoms with Crippen molar-refractivity contribution in [2.75, 3.05) is 60.5 Å². The molecule has 0 amide bonds. The van der Waals surface area contributed by atoms with Crippen molar-refractivity contribution in [1.29, 1.82) is 0 Å². The number of likely N-dealkylation sites (N-methyl/N-ethyl adjacent to an activating group) is 1. The van der Waals surface area contributed by atoms with Crippen molar-refractivity contribution in [3.63, 3.8) is 0 Å². The Morgan fingerprint density at radius 3 is 2.88 bits per heavy atom. The van der Waals surface area contributed by atoms with Crippen LogP contribution in [0.4, 0.5) is 0 Å². The summed E-state index contributed by atoms with van der Waals surface area (Å²) in [4.78, 5) is 9.28. The molecule has 0 saturated carbocycles. The Labute approximate surface area is 152 Å². The Morgan fingerprint density at radius 1 is 1.20 bits per heavy atom. The summed E-state index contributed by atoms with van der Waals surface area (Å²) < 4.78 is 5.26. The number of benzene rings is 1. The molecule has 0 aromatic heterocycles. The monoisotopic (exact) mass is 347 g/mol.